The van der Waals surface area contributed by atoms with Crippen LogP contribution in [0.1, 0.15) is 19.7 Å². The lowest BCUT2D eigenvalue weighted by Crippen LogP contribution is -2.47. The number of rotatable bonds is 4. The first-order valence-corrected chi connectivity index (χ1v) is 8.63. The minimum Gasteiger partial charge on any atom is -0.480 e. The van der Waals surface area contributed by atoms with Gasteiger partial charge in [-0.25, -0.2) is 13.4 Å². The zero-order valence-corrected chi connectivity index (χ0v) is 13.0. The van der Waals surface area contributed by atoms with Crippen LogP contribution in [0.2, 0.25) is 0 Å². The third kappa shape index (κ3) is 2.57. The van der Waals surface area contributed by atoms with Gasteiger partial charge in [0.1, 0.15) is 11.9 Å². The van der Waals surface area contributed by atoms with E-state index in [1.807, 2.05) is 13.8 Å². The van der Waals surface area contributed by atoms with Crippen molar-refractivity contribution in [1.29, 1.82) is 0 Å². The van der Waals surface area contributed by atoms with Gasteiger partial charge in [-0.05, 0) is 12.8 Å². The Balaban J connectivity index is 2.46. The fourth-order valence-electron chi connectivity index (χ4n) is 2.13. The molecule has 2 rings (SSSR count). The van der Waals surface area contributed by atoms with Crippen molar-refractivity contribution < 1.29 is 18.3 Å². The highest BCUT2D eigenvalue weighted by Gasteiger charge is 2.47. The summed E-state index contributed by atoms with van der Waals surface area (Å²) in [5.41, 5.74) is 0. The number of carboxylic acid groups (broad SMARTS) is 1. The largest absolute Gasteiger partial charge is 0.480 e. The van der Waals surface area contributed by atoms with Crippen LogP contribution in [-0.2, 0) is 14.8 Å². The van der Waals surface area contributed by atoms with Gasteiger partial charge in [0.05, 0.1) is 11.6 Å². The quantitative estimate of drug-likeness (QED) is 0.854. The van der Waals surface area contributed by atoms with E-state index in [9.17, 15) is 18.3 Å². The van der Waals surface area contributed by atoms with Crippen LogP contribution in [0.5, 0.6) is 0 Å². The van der Waals surface area contributed by atoms with Gasteiger partial charge in [-0.1, -0.05) is 13.8 Å². The molecule has 7 nitrogen and oxygen atoms in total. The van der Waals surface area contributed by atoms with E-state index in [2.05, 4.69) is 9.97 Å². The molecule has 1 fully saturated rings. The summed E-state index contributed by atoms with van der Waals surface area (Å²) in [6.45, 7) is 5.40. The van der Waals surface area contributed by atoms with Crippen LogP contribution < -0.4 is 0 Å². The van der Waals surface area contributed by atoms with E-state index in [1.54, 1.807) is 6.92 Å². The molecule has 0 saturated carbocycles. The summed E-state index contributed by atoms with van der Waals surface area (Å²) < 4.78 is 26.4. The predicted molar refractivity (Wildman–Crippen MR) is 74.9 cm³/mol. The van der Waals surface area contributed by atoms with Gasteiger partial charge in [-0.3, -0.25) is 4.79 Å². The number of nitrogens with one attached hydrogen (secondary N) is 1. The predicted octanol–water partition coefficient (Wildman–Crippen LogP) is 0.891. The second-order valence-electron chi connectivity index (χ2n) is 4.99. The molecule has 1 saturated heterocycles. The molecule has 2 N–H and O–H groups in total. The van der Waals surface area contributed by atoms with Gasteiger partial charge in [0, 0.05) is 5.75 Å². The number of aromatic nitrogens is 2. The van der Waals surface area contributed by atoms with Crippen molar-refractivity contribution in [2.45, 2.75) is 37.2 Å². The number of aromatic amines is 1. The Bertz CT molecular complexity index is 611. The molecule has 112 valence electrons. The monoisotopic (exact) mass is 319 g/mol. The first-order chi connectivity index (χ1) is 9.25. The summed E-state index contributed by atoms with van der Waals surface area (Å²) in [6, 6.07) is -1.04. The van der Waals surface area contributed by atoms with E-state index in [1.165, 1.54) is 18.0 Å². The second-order valence-corrected chi connectivity index (χ2v) is 7.95. The maximum atomic E-state index is 12.7. The van der Waals surface area contributed by atoms with E-state index < -0.39 is 22.0 Å². The van der Waals surface area contributed by atoms with Crippen molar-refractivity contribution in [3.05, 3.63) is 12.0 Å². The molecule has 0 aliphatic carbocycles. The molecule has 2 unspecified atom stereocenters. The number of thioether (sulfide) groups is 1. The second kappa shape index (κ2) is 5.38. The average Bonchev–Trinajstić information content (AvgIpc) is 2.94. The zero-order chi connectivity index (χ0) is 15.1. The van der Waals surface area contributed by atoms with Crippen molar-refractivity contribution in [3.8, 4) is 0 Å². The van der Waals surface area contributed by atoms with E-state index >= 15 is 0 Å². The third-order valence-corrected chi connectivity index (χ3v) is 6.63. The maximum Gasteiger partial charge on any atom is 0.322 e. The zero-order valence-electron chi connectivity index (χ0n) is 11.4. The third-order valence-electron chi connectivity index (χ3n) is 3.07. The molecule has 0 bridgehead atoms. The Morgan fingerprint density at radius 3 is 2.70 bits per heavy atom. The minimum atomic E-state index is -3.89. The highest BCUT2D eigenvalue weighted by atomic mass is 32.2. The molecule has 0 aromatic carbocycles. The van der Waals surface area contributed by atoms with Gasteiger partial charge in [-0.15, -0.1) is 11.8 Å². The molecule has 0 spiro atoms. The van der Waals surface area contributed by atoms with Gasteiger partial charge < -0.3 is 10.1 Å². The standard InChI is InChI=1S/C11H17N3O4S2/c1-6(2)10-14(8(5-19-10)11(15)16)20(17,18)9-4-12-7(3)13-9/h4,6,8,10H,5H2,1-3H3,(H,12,13)(H,15,16). The van der Waals surface area contributed by atoms with Crippen LogP contribution >= 0.6 is 11.8 Å². The van der Waals surface area contributed by atoms with Gasteiger partial charge in [0.25, 0.3) is 10.0 Å². The molecule has 1 aliphatic heterocycles. The number of nitrogens with zero attached hydrogens (tertiary/aromatic N) is 2. The Kier molecular flexibility index (Phi) is 4.12. The number of carbonyl (C=O) groups is 1. The number of aryl methyl sites for hydroxylation is 1. The fourth-order valence-corrected chi connectivity index (χ4v) is 5.81. The molecule has 0 radical (unpaired) electrons. The first-order valence-electron chi connectivity index (χ1n) is 6.14. The lowest BCUT2D eigenvalue weighted by molar-refractivity contribution is -0.140. The molecule has 2 atom stereocenters. The molecule has 2 heterocycles. The van der Waals surface area contributed by atoms with E-state index in [0.29, 0.717) is 5.82 Å². The number of aliphatic carboxylic acids is 1. The number of sulfonamides is 1. The van der Waals surface area contributed by atoms with Crippen LogP contribution in [0.15, 0.2) is 11.2 Å². The van der Waals surface area contributed by atoms with Crippen LogP contribution in [0.4, 0.5) is 0 Å². The summed E-state index contributed by atoms with van der Waals surface area (Å²) in [5.74, 6) is -0.378. The normalized spacial score (nSPS) is 24.4. The van der Waals surface area contributed by atoms with Crippen molar-refractivity contribution >= 4 is 27.8 Å². The number of imidazole rings is 1. The highest BCUT2D eigenvalue weighted by Crippen LogP contribution is 2.38. The molecule has 9 heteroatoms. The smallest absolute Gasteiger partial charge is 0.322 e. The van der Waals surface area contributed by atoms with E-state index in [4.69, 9.17) is 0 Å². The lowest BCUT2D eigenvalue weighted by atomic mass is 10.2. The molecule has 1 aromatic rings. The van der Waals surface area contributed by atoms with Crippen LogP contribution in [0.25, 0.3) is 0 Å². The number of carboxylic acids is 1. The topological polar surface area (TPSA) is 103 Å². The van der Waals surface area contributed by atoms with Gasteiger partial charge in [0.15, 0.2) is 5.03 Å². The Morgan fingerprint density at radius 1 is 1.60 bits per heavy atom. The summed E-state index contributed by atoms with van der Waals surface area (Å²) in [6.07, 6.45) is 1.23. The first kappa shape index (κ1) is 15.3. The SMILES string of the molecule is Cc1ncc(S(=O)(=O)N2C(C(=O)O)CSC2C(C)C)[nH]1. The summed E-state index contributed by atoms with van der Waals surface area (Å²) in [4.78, 5) is 17.9. The number of H-pyrrole nitrogens is 1. The van der Waals surface area contributed by atoms with Crippen LogP contribution in [0.3, 0.4) is 0 Å². The maximum absolute atomic E-state index is 12.7. The van der Waals surface area contributed by atoms with Crippen molar-refractivity contribution in [3.63, 3.8) is 0 Å². The van der Waals surface area contributed by atoms with Crippen LogP contribution in [0, 0.1) is 12.8 Å². The van der Waals surface area contributed by atoms with Gasteiger partial charge in [-0.2, -0.15) is 4.31 Å². The molecular formula is C11H17N3O4S2. The minimum absolute atomic E-state index is 0.0168. The Labute approximate surface area is 121 Å². The Hall–Kier alpha value is -1.06. The molecule has 1 aliphatic rings. The average molecular weight is 319 g/mol. The highest BCUT2D eigenvalue weighted by molar-refractivity contribution is 8.01. The fraction of sp³-hybridized carbons (Fsp3) is 0.636. The molecular weight excluding hydrogens is 302 g/mol. The summed E-state index contributed by atoms with van der Waals surface area (Å²) in [5, 5.41) is 8.81. The lowest BCUT2D eigenvalue weighted by Gasteiger charge is -2.27. The van der Waals surface area contributed by atoms with Crippen molar-refractivity contribution in [2.75, 3.05) is 5.75 Å². The van der Waals surface area contributed by atoms with E-state index in [0.717, 1.165) is 4.31 Å². The van der Waals surface area contributed by atoms with Gasteiger partial charge in [0.2, 0.25) is 0 Å². The molecule has 1 aromatic heterocycles. The van der Waals surface area contributed by atoms with Crippen molar-refractivity contribution in [1.82, 2.24) is 14.3 Å². The van der Waals surface area contributed by atoms with E-state index in [-0.39, 0.29) is 22.1 Å². The van der Waals surface area contributed by atoms with Crippen LogP contribution in [-0.4, -0.2) is 50.9 Å². The van der Waals surface area contributed by atoms with Gasteiger partial charge >= 0.3 is 5.97 Å². The molecule has 0 amide bonds. The Morgan fingerprint density at radius 2 is 2.25 bits per heavy atom. The van der Waals surface area contributed by atoms with Crippen molar-refractivity contribution in [2.24, 2.45) is 5.92 Å². The summed E-state index contributed by atoms with van der Waals surface area (Å²) >= 11 is 1.35. The number of hydrogen-bond donors (Lipinski definition) is 2. The number of hydrogen-bond acceptors (Lipinski definition) is 5. The molecule has 20 heavy (non-hydrogen) atoms. The summed E-state index contributed by atoms with van der Waals surface area (Å²) in [7, 11) is -3.89.